The number of aryl methyl sites for hydroxylation is 1. The van der Waals surface area contributed by atoms with Gasteiger partial charge in [-0.05, 0) is 49.8 Å². The van der Waals surface area contributed by atoms with Crippen LogP contribution >= 0.6 is 0 Å². The van der Waals surface area contributed by atoms with Crippen molar-refractivity contribution in [1.82, 2.24) is 4.90 Å². The summed E-state index contributed by atoms with van der Waals surface area (Å²) in [7, 11) is 0. The third-order valence-electron chi connectivity index (χ3n) is 4.75. The highest BCUT2D eigenvalue weighted by atomic mass is 15.2. The molecule has 19 heavy (non-hydrogen) atoms. The molecule has 0 amide bonds. The number of nitrogens with two attached hydrogens (primary N) is 1. The van der Waals surface area contributed by atoms with E-state index in [-0.39, 0.29) is 6.04 Å². The lowest BCUT2D eigenvalue weighted by atomic mass is 9.83. The molecule has 2 aliphatic rings. The van der Waals surface area contributed by atoms with Crippen LogP contribution < -0.4 is 5.73 Å². The van der Waals surface area contributed by atoms with Crippen LogP contribution in [-0.4, -0.2) is 23.5 Å². The summed E-state index contributed by atoms with van der Waals surface area (Å²) >= 11 is 0. The van der Waals surface area contributed by atoms with Crippen molar-refractivity contribution >= 4 is 0 Å². The Morgan fingerprint density at radius 2 is 2.00 bits per heavy atom. The lowest BCUT2D eigenvalue weighted by Gasteiger charge is -2.39. The van der Waals surface area contributed by atoms with Gasteiger partial charge in [0.2, 0.25) is 0 Å². The maximum absolute atomic E-state index is 6.59. The fraction of sp³-hybridized carbons (Fsp3) is 0.647. The monoisotopic (exact) mass is 258 g/mol. The third-order valence-corrected chi connectivity index (χ3v) is 4.75. The second-order valence-electron chi connectivity index (χ2n) is 6.15. The second-order valence-corrected chi connectivity index (χ2v) is 6.15. The van der Waals surface area contributed by atoms with Gasteiger partial charge in [-0.1, -0.05) is 37.6 Å². The lowest BCUT2D eigenvalue weighted by Crippen LogP contribution is -2.47. The predicted octanol–water partition coefficient (Wildman–Crippen LogP) is 3.27. The van der Waals surface area contributed by atoms with E-state index in [2.05, 4.69) is 36.1 Å². The second kappa shape index (κ2) is 5.64. The third kappa shape index (κ3) is 2.70. The van der Waals surface area contributed by atoms with Crippen LogP contribution in [0, 0.1) is 0 Å². The molecule has 1 fully saturated rings. The number of nitrogens with zero attached hydrogens (tertiary/aromatic N) is 1. The Balaban J connectivity index is 1.77. The maximum Gasteiger partial charge on any atom is 0.0456 e. The highest BCUT2D eigenvalue weighted by Crippen LogP contribution is 2.37. The minimum atomic E-state index is 0.211. The predicted molar refractivity (Wildman–Crippen MR) is 80.1 cm³/mol. The van der Waals surface area contributed by atoms with Crippen LogP contribution in [0.25, 0.3) is 0 Å². The van der Waals surface area contributed by atoms with Crippen molar-refractivity contribution in [3.63, 3.8) is 0 Å². The molecule has 1 saturated carbocycles. The van der Waals surface area contributed by atoms with E-state index in [4.69, 9.17) is 5.73 Å². The molecule has 0 spiro atoms. The van der Waals surface area contributed by atoms with E-state index in [1.165, 1.54) is 56.2 Å². The Morgan fingerprint density at radius 1 is 1.21 bits per heavy atom. The highest BCUT2D eigenvalue weighted by molar-refractivity contribution is 5.33. The number of hydrogen-bond acceptors (Lipinski definition) is 2. The van der Waals surface area contributed by atoms with E-state index < -0.39 is 0 Å². The molecule has 2 N–H and O–H groups in total. The first kappa shape index (κ1) is 13.1. The fourth-order valence-electron chi connectivity index (χ4n) is 3.52. The number of fused-ring (bicyclic) bond motifs is 1. The number of benzene rings is 1. The lowest BCUT2D eigenvalue weighted by molar-refractivity contribution is 0.144. The Bertz CT molecular complexity index is 425. The number of rotatable bonds is 5. The van der Waals surface area contributed by atoms with Crippen molar-refractivity contribution < 1.29 is 0 Å². The molecule has 3 rings (SSSR count). The van der Waals surface area contributed by atoms with Crippen LogP contribution in [-0.2, 0) is 6.42 Å². The average Bonchev–Trinajstić information content (AvgIpc) is 3.26. The molecule has 0 aromatic heterocycles. The van der Waals surface area contributed by atoms with Gasteiger partial charge in [0, 0.05) is 18.1 Å². The van der Waals surface area contributed by atoms with Crippen molar-refractivity contribution in [1.29, 1.82) is 0 Å². The molecule has 0 saturated heterocycles. The van der Waals surface area contributed by atoms with E-state index in [0.717, 1.165) is 6.04 Å². The highest BCUT2D eigenvalue weighted by Gasteiger charge is 2.38. The van der Waals surface area contributed by atoms with E-state index in [1.54, 1.807) is 0 Å². The van der Waals surface area contributed by atoms with Crippen molar-refractivity contribution in [3.05, 3.63) is 35.4 Å². The van der Waals surface area contributed by atoms with E-state index in [9.17, 15) is 0 Å². The summed E-state index contributed by atoms with van der Waals surface area (Å²) < 4.78 is 0. The molecule has 1 aromatic carbocycles. The van der Waals surface area contributed by atoms with Gasteiger partial charge in [0.15, 0.2) is 0 Å². The Morgan fingerprint density at radius 3 is 2.74 bits per heavy atom. The summed E-state index contributed by atoms with van der Waals surface area (Å²) in [5.41, 5.74) is 9.45. The molecule has 0 aliphatic heterocycles. The quantitative estimate of drug-likeness (QED) is 0.878. The van der Waals surface area contributed by atoms with Crippen LogP contribution in [0.3, 0.4) is 0 Å². The SMILES string of the molecule is CCCCN(C1CC1)C1CCc2ccccc2C1N. The summed E-state index contributed by atoms with van der Waals surface area (Å²) in [6.45, 7) is 3.52. The van der Waals surface area contributed by atoms with Gasteiger partial charge >= 0.3 is 0 Å². The summed E-state index contributed by atoms with van der Waals surface area (Å²) in [5, 5.41) is 0. The van der Waals surface area contributed by atoms with Crippen LogP contribution in [0.15, 0.2) is 24.3 Å². The Labute approximate surface area is 117 Å². The van der Waals surface area contributed by atoms with Crippen LogP contribution in [0.2, 0.25) is 0 Å². The fourth-order valence-corrected chi connectivity index (χ4v) is 3.52. The van der Waals surface area contributed by atoms with E-state index in [0.29, 0.717) is 6.04 Å². The molecule has 1 aromatic rings. The molecule has 0 heterocycles. The minimum Gasteiger partial charge on any atom is -0.323 e. The number of unbranched alkanes of at least 4 members (excludes halogenated alkanes) is 1. The molecule has 2 unspecified atom stereocenters. The molecule has 0 bridgehead atoms. The van der Waals surface area contributed by atoms with Crippen LogP contribution in [0.5, 0.6) is 0 Å². The van der Waals surface area contributed by atoms with Gasteiger partial charge in [0.05, 0.1) is 0 Å². The number of hydrogen-bond donors (Lipinski definition) is 1. The summed E-state index contributed by atoms with van der Waals surface area (Å²) in [4.78, 5) is 2.73. The zero-order valence-corrected chi connectivity index (χ0v) is 12.0. The standard InChI is InChI=1S/C17H26N2/c1-2-3-12-19(14-9-10-14)16-11-8-13-6-4-5-7-15(13)17(16)18/h4-7,14,16-17H,2-3,8-12,18H2,1H3. The molecule has 104 valence electrons. The van der Waals surface area contributed by atoms with E-state index in [1.807, 2.05) is 0 Å². The van der Waals surface area contributed by atoms with E-state index >= 15 is 0 Å². The van der Waals surface area contributed by atoms with Crippen molar-refractivity contribution in [2.75, 3.05) is 6.54 Å². The maximum atomic E-state index is 6.59. The van der Waals surface area contributed by atoms with Crippen molar-refractivity contribution in [2.24, 2.45) is 5.73 Å². The zero-order valence-electron chi connectivity index (χ0n) is 12.0. The van der Waals surface area contributed by atoms with Gasteiger partial charge in [0.25, 0.3) is 0 Å². The van der Waals surface area contributed by atoms with Crippen molar-refractivity contribution in [3.8, 4) is 0 Å². The molecule has 2 nitrogen and oxygen atoms in total. The van der Waals surface area contributed by atoms with Gasteiger partial charge in [-0.25, -0.2) is 0 Å². The molecular weight excluding hydrogens is 232 g/mol. The van der Waals surface area contributed by atoms with Gasteiger partial charge in [0.1, 0.15) is 0 Å². The molecule has 2 aliphatic carbocycles. The minimum absolute atomic E-state index is 0.211. The van der Waals surface area contributed by atoms with Gasteiger partial charge < -0.3 is 5.73 Å². The summed E-state index contributed by atoms with van der Waals surface area (Å²) in [5.74, 6) is 0. The van der Waals surface area contributed by atoms with Crippen molar-refractivity contribution in [2.45, 2.75) is 63.6 Å². The average molecular weight is 258 g/mol. The van der Waals surface area contributed by atoms with Gasteiger partial charge in [-0.2, -0.15) is 0 Å². The first-order valence-corrected chi connectivity index (χ1v) is 7.90. The normalized spacial score (nSPS) is 26.5. The largest absolute Gasteiger partial charge is 0.323 e. The van der Waals surface area contributed by atoms with Gasteiger partial charge in [-0.3, -0.25) is 4.90 Å². The van der Waals surface area contributed by atoms with Crippen LogP contribution in [0.1, 0.15) is 56.2 Å². The molecular formula is C17H26N2. The topological polar surface area (TPSA) is 29.3 Å². The molecule has 2 heteroatoms. The Hall–Kier alpha value is -0.860. The van der Waals surface area contributed by atoms with Crippen LogP contribution in [0.4, 0.5) is 0 Å². The van der Waals surface area contributed by atoms with Gasteiger partial charge in [-0.15, -0.1) is 0 Å². The smallest absolute Gasteiger partial charge is 0.0456 e. The zero-order chi connectivity index (χ0) is 13.2. The summed E-state index contributed by atoms with van der Waals surface area (Å²) in [6.07, 6.45) is 7.79. The Kier molecular flexibility index (Phi) is 3.90. The first-order valence-electron chi connectivity index (χ1n) is 7.90. The first-order chi connectivity index (χ1) is 9.31. The molecule has 0 radical (unpaired) electrons. The summed E-state index contributed by atoms with van der Waals surface area (Å²) in [6, 6.07) is 10.4. The molecule has 2 atom stereocenters.